The van der Waals surface area contributed by atoms with E-state index in [-0.39, 0.29) is 11.8 Å². The van der Waals surface area contributed by atoms with E-state index in [4.69, 9.17) is 0 Å². The van der Waals surface area contributed by atoms with Crippen LogP contribution in [0.3, 0.4) is 0 Å². The molecule has 7 heteroatoms. The molecule has 1 aromatic heterocycles. The van der Waals surface area contributed by atoms with Gasteiger partial charge in [-0.15, -0.1) is 0 Å². The lowest BCUT2D eigenvalue weighted by Gasteiger charge is -2.24. The van der Waals surface area contributed by atoms with E-state index in [0.717, 1.165) is 30.1 Å². The fourth-order valence-corrected chi connectivity index (χ4v) is 4.97. The standard InChI is InChI=1S/C16H22N4O2S/c1-13-17-14(2)19(18-13)11-16-9-6-10-20(16)23(21,22)12-15-7-4-3-5-8-15/h3-5,7-8,16H,6,9-12H2,1-2H3. The van der Waals surface area contributed by atoms with Gasteiger partial charge < -0.3 is 0 Å². The van der Waals surface area contributed by atoms with Crippen molar-refractivity contribution in [1.82, 2.24) is 19.1 Å². The Morgan fingerprint density at radius 1 is 1.22 bits per heavy atom. The van der Waals surface area contributed by atoms with E-state index in [9.17, 15) is 8.42 Å². The summed E-state index contributed by atoms with van der Waals surface area (Å²) in [5.74, 6) is 1.61. The molecular formula is C16H22N4O2S. The summed E-state index contributed by atoms with van der Waals surface area (Å²) in [6.45, 7) is 4.91. The molecule has 124 valence electrons. The van der Waals surface area contributed by atoms with Crippen molar-refractivity contribution in [3.8, 4) is 0 Å². The predicted molar refractivity (Wildman–Crippen MR) is 88.3 cm³/mol. The SMILES string of the molecule is Cc1nc(C)n(CC2CCCN2S(=O)(=O)Cc2ccccc2)n1. The van der Waals surface area contributed by atoms with Gasteiger partial charge >= 0.3 is 0 Å². The Balaban J connectivity index is 1.76. The lowest BCUT2D eigenvalue weighted by atomic mass is 10.2. The lowest BCUT2D eigenvalue weighted by molar-refractivity contribution is 0.337. The molecule has 2 heterocycles. The van der Waals surface area contributed by atoms with Crippen LogP contribution in [-0.4, -0.2) is 40.1 Å². The molecule has 0 spiro atoms. The van der Waals surface area contributed by atoms with Crippen LogP contribution < -0.4 is 0 Å². The van der Waals surface area contributed by atoms with Gasteiger partial charge in [0.05, 0.1) is 12.3 Å². The Morgan fingerprint density at radius 2 is 1.96 bits per heavy atom. The lowest BCUT2D eigenvalue weighted by Crippen LogP contribution is -2.39. The summed E-state index contributed by atoms with van der Waals surface area (Å²) in [7, 11) is -3.32. The van der Waals surface area contributed by atoms with Crippen molar-refractivity contribution in [2.75, 3.05) is 6.54 Å². The van der Waals surface area contributed by atoms with E-state index in [1.807, 2.05) is 48.9 Å². The number of rotatable bonds is 5. The molecule has 0 radical (unpaired) electrons. The minimum Gasteiger partial charge on any atom is -0.249 e. The van der Waals surface area contributed by atoms with Crippen LogP contribution in [0.15, 0.2) is 30.3 Å². The van der Waals surface area contributed by atoms with Gasteiger partial charge in [0.1, 0.15) is 11.6 Å². The van der Waals surface area contributed by atoms with Crippen molar-refractivity contribution in [3.63, 3.8) is 0 Å². The fourth-order valence-electron chi connectivity index (χ4n) is 3.16. The second-order valence-corrected chi connectivity index (χ2v) is 7.96. The minimum absolute atomic E-state index is 0.0384. The van der Waals surface area contributed by atoms with Crippen LogP contribution in [0.25, 0.3) is 0 Å². The summed E-state index contributed by atoms with van der Waals surface area (Å²) in [6.07, 6.45) is 1.76. The quantitative estimate of drug-likeness (QED) is 0.837. The molecule has 1 atom stereocenters. The van der Waals surface area contributed by atoms with Crippen molar-refractivity contribution < 1.29 is 8.42 Å². The van der Waals surface area contributed by atoms with Gasteiger partial charge in [0.2, 0.25) is 10.0 Å². The third-order valence-electron chi connectivity index (χ3n) is 4.22. The molecule has 3 rings (SSSR count). The molecule has 0 N–H and O–H groups in total. The number of aryl methyl sites for hydroxylation is 2. The number of nitrogens with zero attached hydrogens (tertiary/aromatic N) is 4. The molecule has 0 aliphatic carbocycles. The molecule has 0 amide bonds. The highest BCUT2D eigenvalue weighted by Gasteiger charge is 2.34. The monoisotopic (exact) mass is 334 g/mol. The second kappa shape index (κ2) is 6.41. The Labute approximate surface area is 137 Å². The second-order valence-electron chi connectivity index (χ2n) is 6.04. The molecule has 1 aromatic carbocycles. The van der Waals surface area contributed by atoms with Crippen molar-refractivity contribution >= 4 is 10.0 Å². The van der Waals surface area contributed by atoms with Crippen LogP contribution in [0.5, 0.6) is 0 Å². The molecule has 1 unspecified atom stereocenters. The summed E-state index contributed by atoms with van der Waals surface area (Å²) < 4.78 is 29.0. The number of aromatic nitrogens is 3. The number of sulfonamides is 1. The van der Waals surface area contributed by atoms with E-state index in [1.54, 1.807) is 4.31 Å². The number of hydrogen-bond acceptors (Lipinski definition) is 4. The Kier molecular flexibility index (Phi) is 4.50. The van der Waals surface area contributed by atoms with Crippen molar-refractivity contribution in [2.45, 2.75) is 45.0 Å². The topological polar surface area (TPSA) is 68.1 Å². The molecule has 1 aliphatic heterocycles. The summed E-state index contributed by atoms with van der Waals surface area (Å²) in [6, 6.07) is 9.30. The summed E-state index contributed by atoms with van der Waals surface area (Å²) >= 11 is 0. The molecule has 23 heavy (non-hydrogen) atoms. The largest absolute Gasteiger partial charge is 0.249 e. The Hall–Kier alpha value is -1.73. The Morgan fingerprint density at radius 3 is 2.61 bits per heavy atom. The zero-order valence-corrected chi connectivity index (χ0v) is 14.3. The van der Waals surface area contributed by atoms with Crippen LogP contribution in [0, 0.1) is 13.8 Å². The molecule has 2 aromatic rings. The van der Waals surface area contributed by atoms with E-state index >= 15 is 0 Å². The smallest absolute Gasteiger partial charge is 0.218 e. The van der Waals surface area contributed by atoms with Gasteiger partial charge in [-0.1, -0.05) is 30.3 Å². The zero-order chi connectivity index (χ0) is 16.4. The van der Waals surface area contributed by atoms with Crippen molar-refractivity contribution in [3.05, 3.63) is 47.5 Å². The van der Waals surface area contributed by atoms with Crippen molar-refractivity contribution in [1.29, 1.82) is 0 Å². The minimum atomic E-state index is -3.32. The third-order valence-corrected chi connectivity index (χ3v) is 6.11. The molecule has 1 fully saturated rings. The maximum absolute atomic E-state index is 12.8. The van der Waals surface area contributed by atoms with Gasteiger partial charge in [0, 0.05) is 12.6 Å². The van der Waals surface area contributed by atoms with Crippen LogP contribution in [0.1, 0.15) is 30.1 Å². The molecule has 0 saturated carbocycles. The van der Waals surface area contributed by atoms with Crippen LogP contribution in [0.4, 0.5) is 0 Å². The van der Waals surface area contributed by atoms with Gasteiger partial charge in [0.25, 0.3) is 0 Å². The highest BCUT2D eigenvalue weighted by Crippen LogP contribution is 2.25. The van der Waals surface area contributed by atoms with Crippen LogP contribution in [0.2, 0.25) is 0 Å². The van der Waals surface area contributed by atoms with E-state index in [0.29, 0.717) is 13.1 Å². The normalized spacial score (nSPS) is 19.3. The average molecular weight is 334 g/mol. The first-order chi connectivity index (χ1) is 11.0. The van der Waals surface area contributed by atoms with Crippen LogP contribution >= 0.6 is 0 Å². The van der Waals surface area contributed by atoms with Gasteiger partial charge in [-0.2, -0.15) is 9.40 Å². The molecule has 0 bridgehead atoms. The van der Waals surface area contributed by atoms with Gasteiger partial charge in [-0.25, -0.2) is 18.1 Å². The molecular weight excluding hydrogens is 312 g/mol. The first-order valence-electron chi connectivity index (χ1n) is 7.87. The number of benzene rings is 1. The van der Waals surface area contributed by atoms with Gasteiger partial charge in [-0.3, -0.25) is 0 Å². The Bertz CT molecular complexity index is 771. The van der Waals surface area contributed by atoms with Gasteiger partial charge in [0.15, 0.2) is 0 Å². The molecule has 1 aliphatic rings. The molecule has 1 saturated heterocycles. The number of hydrogen-bond donors (Lipinski definition) is 0. The average Bonchev–Trinajstić information content (AvgIpc) is 3.07. The third kappa shape index (κ3) is 3.61. The zero-order valence-electron chi connectivity index (χ0n) is 13.5. The van der Waals surface area contributed by atoms with Crippen molar-refractivity contribution in [2.24, 2.45) is 0 Å². The highest BCUT2D eigenvalue weighted by atomic mass is 32.2. The first kappa shape index (κ1) is 16.1. The van der Waals surface area contributed by atoms with E-state index < -0.39 is 10.0 Å². The molecule has 6 nitrogen and oxygen atoms in total. The first-order valence-corrected chi connectivity index (χ1v) is 9.48. The van der Waals surface area contributed by atoms with E-state index in [2.05, 4.69) is 10.1 Å². The maximum Gasteiger partial charge on any atom is 0.218 e. The van der Waals surface area contributed by atoms with Gasteiger partial charge in [-0.05, 0) is 32.3 Å². The predicted octanol–water partition coefficient (Wildman–Crippen LogP) is 1.89. The summed E-state index contributed by atoms with van der Waals surface area (Å²) in [4.78, 5) is 4.29. The highest BCUT2D eigenvalue weighted by molar-refractivity contribution is 7.88. The maximum atomic E-state index is 12.8. The summed E-state index contributed by atoms with van der Waals surface area (Å²) in [5.41, 5.74) is 0.825. The summed E-state index contributed by atoms with van der Waals surface area (Å²) in [5, 5.41) is 4.36. The van der Waals surface area contributed by atoms with Crippen LogP contribution in [-0.2, 0) is 22.3 Å². The van der Waals surface area contributed by atoms with E-state index in [1.165, 1.54) is 0 Å². The fraction of sp³-hybridized carbons (Fsp3) is 0.500.